The van der Waals surface area contributed by atoms with Crippen LogP contribution >= 0.6 is 22.6 Å². The molecule has 0 saturated heterocycles. The van der Waals surface area contributed by atoms with Gasteiger partial charge in [-0.05, 0) is 65.6 Å². The zero-order valence-corrected chi connectivity index (χ0v) is 15.8. The van der Waals surface area contributed by atoms with Crippen molar-refractivity contribution in [1.82, 2.24) is 0 Å². The van der Waals surface area contributed by atoms with Crippen LogP contribution in [0, 0.1) is 39.9 Å². The van der Waals surface area contributed by atoms with Crippen molar-refractivity contribution in [2.24, 2.45) is 39.9 Å². The number of alkyl halides is 1. The van der Waals surface area contributed by atoms with E-state index in [-0.39, 0.29) is 0 Å². The van der Waals surface area contributed by atoms with Crippen molar-refractivity contribution < 1.29 is 0 Å². The van der Waals surface area contributed by atoms with Gasteiger partial charge in [0.2, 0.25) is 0 Å². The lowest BCUT2D eigenvalue weighted by Crippen LogP contribution is -2.50. The molecule has 3 fully saturated rings. The molecular formula is C18H31I. The quantitative estimate of drug-likeness (QED) is 0.364. The minimum atomic E-state index is 0.488. The Labute approximate surface area is 133 Å². The van der Waals surface area contributed by atoms with Gasteiger partial charge in [-0.1, -0.05) is 64.1 Å². The lowest BCUT2D eigenvalue weighted by Gasteiger charge is -2.57. The molecule has 0 N–H and O–H groups in total. The second-order valence-electron chi connectivity index (χ2n) is 9.82. The van der Waals surface area contributed by atoms with Gasteiger partial charge in [-0.15, -0.1) is 0 Å². The third-order valence-electron chi connectivity index (χ3n) is 7.12. The molecule has 3 bridgehead atoms. The smallest absolute Gasteiger partial charge is 0.0169 e. The fourth-order valence-electron chi connectivity index (χ4n) is 6.03. The predicted octanol–water partition coefficient (Wildman–Crippen LogP) is 5.93. The molecule has 1 heteroatoms. The van der Waals surface area contributed by atoms with Crippen LogP contribution in [-0.2, 0) is 0 Å². The monoisotopic (exact) mass is 374 g/mol. The maximum atomic E-state index is 2.82. The summed E-state index contributed by atoms with van der Waals surface area (Å²) in [7, 11) is 0. The number of halogens is 1. The lowest BCUT2D eigenvalue weighted by atomic mass is 9.49. The van der Waals surface area contributed by atoms with Crippen LogP contribution in [0.15, 0.2) is 0 Å². The Hall–Kier alpha value is 0.730. The Balaban J connectivity index is 2.05. The molecule has 0 aromatic heterocycles. The molecule has 19 heavy (non-hydrogen) atoms. The SMILES string of the molecule is CC(C)(C)[C@@H]1C[C@@]2(C(C)(C)C)C[C@@H]3C[C@H]2C[C@H]1C3I. The highest BCUT2D eigenvalue weighted by Crippen LogP contribution is 2.72. The Bertz CT molecular complexity index is 372. The molecule has 0 radical (unpaired) electrons. The molecule has 0 heterocycles. The zero-order valence-electron chi connectivity index (χ0n) is 13.6. The fraction of sp³-hybridized carbons (Fsp3) is 1.00. The Morgan fingerprint density at radius 3 is 2.11 bits per heavy atom. The van der Waals surface area contributed by atoms with Crippen molar-refractivity contribution in [1.29, 1.82) is 0 Å². The van der Waals surface area contributed by atoms with Crippen LogP contribution in [0.1, 0.15) is 67.2 Å². The first-order chi connectivity index (χ1) is 8.56. The largest absolute Gasteiger partial charge is 0.0820 e. The summed E-state index contributed by atoms with van der Waals surface area (Å²) in [5.74, 6) is 4.00. The van der Waals surface area contributed by atoms with Crippen LogP contribution in [-0.4, -0.2) is 3.92 Å². The van der Waals surface area contributed by atoms with E-state index in [0.717, 1.165) is 27.6 Å². The second-order valence-corrected chi connectivity index (χ2v) is 11.3. The van der Waals surface area contributed by atoms with E-state index in [2.05, 4.69) is 64.1 Å². The molecule has 0 spiro atoms. The van der Waals surface area contributed by atoms with E-state index < -0.39 is 0 Å². The first-order valence-electron chi connectivity index (χ1n) is 8.20. The maximum absolute atomic E-state index is 2.82. The van der Waals surface area contributed by atoms with Gasteiger partial charge < -0.3 is 0 Å². The van der Waals surface area contributed by atoms with Crippen molar-refractivity contribution in [3.8, 4) is 0 Å². The average molecular weight is 374 g/mol. The van der Waals surface area contributed by atoms with Crippen molar-refractivity contribution in [2.45, 2.75) is 71.2 Å². The minimum Gasteiger partial charge on any atom is -0.0820 e. The van der Waals surface area contributed by atoms with Crippen LogP contribution in [0.4, 0.5) is 0 Å². The summed E-state index contributed by atoms with van der Waals surface area (Å²) in [5, 5.41) is 0. The number of hydrogen-bond donors (Lipinski definition) is 0. The summed E-state index contributed by atoms with van der Waals surface area (Å²) >= 11 is 2.82. The van der Waals surface area contributed by atoms with Crippen molar-refractivity contribution in [3.05, 3.63) is 0 Å². The van der Waals surface area contributed by atoms with Gasteiger partial charge in [0.15, 0.2) is 0 Å². The highest BCUT2D eigenvalue weighted by atomic mass is 127. The van der Waals surface area contributed by atoms with Crippen LogP contribution in [0.5, 0.6) is 0 Å². The van der Waals surface area contributed by atoms with Crippen LogP contribution < -0.4 is 0 Å². The summed E-state index contributed by atoms with van der Waals surface area (Å²) in [5.41, 5.74) is 1.62. The topological polar surface area (TPSA) is 0 Å². The molecule has 1 unspecified atom stereocenters. The van der Waals surface area contributed by atoms with Gasteiger partial charge in [-0.3, -0.25) is 0 Å². The van der Waals surface area contributed by atoms with Crippen molar-refractivity contribution in [3.63, 3.8) is 0 Å². The van der Waals surface area contributed by atoms with Gasteiger partial charge in [0, 0.05) is 3.92 Å². The molecule has 6 atom stereocenters. The summed E-state index contributed by atoms with van der Waals surface area (Å²) in [6.07, 6.45) is 6.10. The van der Waals surface area contributed by atoms with Crippen LogP contribution in [0.2, 0.25) is 0 Å². The Morgan fingerprint density at radius 2 is 1.58 bits per heavy atom. The van der Waals surface area contributed by atoms with Crippen LogP contribution in [0.25, 0.3) is 0 Å². The fourth-order valence-corrected chi connectivity index (χ4v) is 7.38. The van der Waals surface area contributed by atoms with Gasteiger partial charge in [0.1, 0.15) is 0 Å². The molecule has 0 amide bonds. The van der Waals surface area contributed by atoms with Crippen molar-refractivity contribution >= 4 is 22.6 Å². The maximum Gasteiger partial charge on any atom is 0.0169 e. The van der Waals surface area contributed by atoms with E-state index in [1.165, 1.54) is 25.7 Å². The molecule has 3 aliphatic carbocycles. The average Bonchev–Trinajstić information content (AvgIpc) is 2.53. The number of fused-ring (bicyclic) bond motifs is 2. The Morgan fingerprint density at radius 1 is 0.947 bits per heavy atom. The molecule has 3 aliphatic rings. The third kappa shape index (κ3) is 1.96. The number of rotatable bonds is 0. The molecule has 3 saturated carbocycles. The predicted molar refractivity (Wildman–Crippen MR) is 91.6 cm³/mol. The molecule has 3 rings (SSSR count). The summed E-state index contributed by atoms with van der Waals surface area (Å²) < 4.78 is 0.949. The van der Waals surface area contributed by atoms with E-state index in [4.69, 9.17) is 0 Å². The van der Waals surface area contributed by atoms with E-state index >= 15 is 0 Å². The standard InChI is InChI=1S/C18H31I/c1-16(2,3)14-10-18(17(4,5)6)9-11-7-12(18)8-13(14)15(11)19/h11-15H,7-10H2,1-6H3/t11-,12-,13+,14+,15?,18-/m0/s1. The van der Waals surface area contributed by atoms with Gasteiger partial charge >= 0.3 is 0 Å². The zero-order chi connectivity index (χ0) is 14.2. The van der Waals surface area contributed by atoms with E-state index in [1.54, 1.807) is 0 Å². The molecule has 0 aromatic rings. The van der Waals surface area contributed by atoms with E-state index in [9.17, 15) is 0 Å². The molecule has 0 nitrogen and oxygen atoms in total. The minimum absolute atomic E-state index is 0.488. The third-order valence-corrected chi connectivity index (χ3v) is 9.06. The molecule has 0 aromatic carbocycles. The Kier molecular flexibility index (Phi) is 3.19. The van der Waals surface area contributed by atoms with E-state index in [1.807, 2.05) is 0 Å². The highest BCUT2D eigenvalue weighted by molar-refractivity contribution is 14.1. The van der Waals surface area contributed by atoms with Crippen LogP contribution in [0.3, 0.4) is 0 Å². The lowest BCUT2D eigenvalue weighted by molar-refractivity contribution is -0.0682. The summed E-state index contributed by atoms with van der Waals surface area (Å²) in [4.78, 5) is 0. The highest BCUT2D eigenvalue weighted by Gasteiger charge is 2.64. The van der Waals surface area contributed by atoms with Gasteiger partial charge in [-0.25, -0.2) is 0 Å². The first kappa shape index (κ1) is 14.7. The van der Waals surface area contributed by atoms with Gasteiger partial charge in [0.05, 0.1) is 0 Å². The van der Waals surface area contributed by atoms with Crippen molar-refractivity contribution in [2.75, 3.05) is 0 Å². The van der Waals surface area contributed by atoms with Gasteiger partial charge in [-0.2, -0.15) is 0 Å². The van der Waals surface area contributed by atoms with Gasteiger partial charge in [0.25, 0.3) is 0 Å². The molecular weight excluding hydrogens is 343 g/mol. The summed E-state index contributed by atoms with van der Waals surface area (Å²) in [6.45, 7) is 15.0. The van der Waals surface area contributed by atoms with E-state index in [0.29, 0.717) is 16.2 Å². The normalized spacial score (nSPS) is 49.7. The number of hydrogen-bond acceptors (Lipinski definition) is 0. The molecule has 110 valence electrons. The second kappa shape index (κ2) is 4.14. The summed E-state index contributed by atoms with van der Waals surface area (Å²) in [6, 6.07) is 0. The first-order valence-corrected chi connectivity index (χ1v) is 9.45. The molecule has 0 aliphatic heterocycles.